The summed E-state index contributed by atoms with van der Waals surface area (Å²) >= 11 is 0. The quantitative estimate of drug-likeness (QED) is 0.453. The van der Waals surface area contributed by atoms with E-state index in [4.69, 9.17) is 0 Å². The van der Waals surface area contributed by atoms with Gasteiger partial charge in [-0.3, -0.25) is 0 Å². The molecule has 0 atom stereocenters. The second-order valence-corrected chi connectivity index (χ2v) is 5.81. The summed E-state index contributed by atoms with van der Waals surface area (Å²) in [6.07, 6.45) is 6.68. The molecule has 0 aliphatic rings. The second kappa shape index (κ2) is 5.72. The summed E-state index contributed by atoms with van der Waals surface area (Å²) in [5.41, 5.74) is 2.70. The Bertz CT molecular complexity index is 831. The van der Waals surface area contributed by atoms with Crippen LogP contribution < -0.4 is 0 Å². The number of benzene rings is 2. The van der Waals surface area contributed by atoms with Gasteiger partial charge in [0.15, 0.2) is 0 Å². The minimum atomic E-state index is 1.08. The molecule has 0 aliphatic heterocycles. The normalized spacial score (nSPS) is 11.5. The van der Waals surface area contributed by atoms with Crippen molar-refractivity contribution in [1.82, 2.24) is 9.13 Å². The molecule has 0 radical (unpaired) electrons. The molecular weight excluding hydrogens is 268 g/mol. The summed E-state index contributed by atoms with van der Waals surface area (Å²) in [6, 6.07) is 21.6. The zero-order valence-corrected chi connectivity index (χ0v) is 12.7. The van der Waals surface area contributed by atoms with Crippen LogP contribution in [0.2, 0.25) is 0 Å². The van der Waals surface area contributed by atoms with E-state index >= 15 is 0 Å². The van der Waals surface area contributed by atoms with Gasteiger partial charge in [0.25, 0.3) is 0 Å². The Morgan fingerprint density at radius 1 is 0.591 bits per heavy atom. The molecule has 2 aromatic heterocycles. The highest BCUT2D eigenvalue weighted by molar-refractivity contribution is 6.07. The number of fused-ring (bicyclic) bond motifs is 3. The van der Waals surface area contributed by atoms with E-state index in [9.17, 15) is 0 Å². The topological polar surface area (TPSA) is 9.86 Å². The van der Waals surface area contributed by atoms with Gasteiger partial charge in [-0.25, -0.2) is 0 Å². The average molecular weight is 288 g/mol. The molecule has 4 aromatic rings. The largest absolute Gasteiger partial charge is 0.354 e. The molecule has 0 spiro atoms. The van der Waals surface area contributed by atoms with Crippen molar-refractivity contribution >= 4 is 21.8 Å². The second-order valence-electron chi connectivity index (χ2n) is 5.81. The molecule has 0 fully saturated rings. The highest BCUT2D eigenvalue weighted by Crippen LogP contribution is 2.28. The molecule has 2 heterocycles. The molecule has 0 N–H and O–H groups in total. The van der Waals surface area contributed by atoms with E-state index in [1.807, 2.05) is 0 Å². The van der Waals surface area contributed by atoms with E-state index in [2.05, 4.69) is 82.2 Å². The predicted molar refractivity (Wildman–Crippen MR) is 93.1 cm³/mol. The predicted octanol–water partition coefficient (Wildman–Crippen LogP) is 5.08. The van der Waals surface area contributed by atoms with Gasteiger partial charge in [-0.15, -0.1) is 0 Å². The van der Waals surface area contributed by atoms with E-state index in [-0.39, 0.29) is 0 Å². The number of unbranched alkanes of at least 4 members (excludes halogenated alkanes) is 1. The van der Waals surface area contributed by atoms with Crippen molar-refractivity contribution in [3.05, 3.63) is 73.1 Å². The van der Waals surface area contributed by atoms with E-state index in [0.29, 0.717) is 0 Å². The van der Waals surface area contributed by atoms with Crippen LogP contribution in [-0.2, 0) is 13.1 Å². The van der Waals surface area contributed by atoms with Crippen LogP contribution in [0.3, 0.4) is 0 Å². The van der Waals surface area contributed by atoms with E-state index in [1.54, 1.807) is 0 Å². The number of aryl methyl sites for hydroxylation is 2. The first-order chi connectivity index (χ1) is 10.9. The summed E-state index contributed by atoms with van der Waals surface area (Å²) in [7, 11) is 0. The number of aromatic nitrogens is 2. The highest BCUT2D eigenvalue weighted by Gasteiger charge is 2.08. The lowest BCUT2D eigenvalue weighted by atomic mass is 10.2. The van der Waals surface area contributed by atoms with Gasteiger partial charge in [0.05, 0.1) is 0 Å². The minimum Gasteiger partial charge on any atom is -0.354 e. The molecule has 2 nitrogen and oxygen atoms in total. The average Bonchev–Trinajstić information content (AvgIpc) is 3.18. The Morgan fingerprint density at radius 3 is 1.77 bits per heavy atom. The Balaban J connectivity index is 1.59. The van der Waals surface area contributed by atoms with Gasteiger partial charge in [0, 0.05) is 47.3 Å². The molecular formula is C20H20N2. The monoisotopic (exact) mass is 288 g/mol. The third kappa shape index (κ3) is 2.31. The summed E-state index contributed by atoms with van der Waals surface area (Å²) in [4.78, 5) is 0. The highest BCUT2D eigenvalue weighted by atomic mass is 15.0. The van der Waals surface area contributed by atoms with Crippen LogP contribution in [-0.4, -0.2) is 9.13 Å². The first-order valence-corrected chi connectivity index (χ1v) is 8.00. The molecule has 2 aromatic carbocycles. The summed E-state index contributed by atoms with van der Waals surface area (Å²) in [5, 5.41) is 2.73. The van der Waals surface area contributed by atoms with Crippen LogP contribution in [0, 0.1) is 0 Å². The van der Waals surface area contributed by atoms with Crippen molar-refractivity contribution < 1.29 is 0 Å². The van der Waals surface area contributed by atoms with Gasteiger partial charge < -0.3 is 9.13 Å². The van der Waals surface area contributed by atoms with Gasteiger partial charge >= 0.3 is 0 Å². The molecule has 0 aliphatic carbocycles. The van der Waals surface area contributed by atoms with Gasteiger partial charge in [-0.2, -0.15) is 0 Å². The molecule has 0 amide bonds. The molecule has 2 heteroatoms. The lowest BCUT2D eigenvalue weighted by Crippen LogP contribution is -2.00. The van der Waals surface area contributed by atoms with Crippen LogP contribution in [0.5, 0.6) is 0 Å². The molecule has 0 bridgehead atoms. The smallest absolute Gasteiger partial charge is 0.0491 e. The third-order valence-electron chi connectivity index (χ3n) is 4.39. The van der Waals surface area contributed by atoms with Crippen LogP contribution in [0.4, 0.5) is 0 Å². The minimum absolute atomic E-state index is 1.08. The Hall–Kier alpha value is -2.48. The van der Waals surface area contributed by atoms with Crippen LogP contribution in [0.1, 0.15) is 12.8 Å². The standard InChI is InChI=1S/C20H20N2/c1-3-11-19-17(9-1)18-10-2-4-12-20(18)22(19)16-8-7-15-21-13-5-6-14-21/h1-6,9-14H,7-8,15-16H2. The maximum Gasteiger partial charge on any atom is 0.0491 e. The summed E-state index contributed by atoms with van der Waals surface area (Å²) < 4.78 is 4.73. The fraction of sp³-hybridized carbons (Fsp3) is 0.200. The lowest BCUT2D eigenvalue weighted by Gasteiger charge is -2.08. The molecule has 0 saturated heterocycles. The number of nitrogens with zero attached hydrogens (tertiary/aromatic N) is 2. The SMILES string of the molecule is c1ccc2c(c1)c1ccccc1n2CCCCn1cccc1. The number of rotatable bonds is 5. The van der Waals surface area contributed by atoms with E-state index in [1.165, 1.54) is 34.6 Å². The van der Waals surface area contributed by atoms with Crippen LogP contribution >= 0.6 is 0 Å². The maximum atomic E-state index is 2.47. The fourth-order valence-corrected chi connectivity index (χ4v) is 3.33. The Labute approximate surface area is 130 Å². The number of hydrogen-bond donors (Lipinski definition) is 0. The van der Waals surface area contributed by atoms with Crippen molar-refractivity contribution in [2.24, 2.45) is 0 Å². The maximum absolute atomic E-state index is 2.47. The van der Waals surface area contributed by atoms with Crippen molar-refractivity contribution in [2.75, 3.05) is 0 Å². The molecule has 0 saturated carbocycles. The van der Waals surface area contributed by atoms with Crippen molar-refractivity contribution in [3.63, 3.8) is 0 Å². The zero-order valence-electron chi connectivity index (χ0n) is 12.7. The summed E-state index contributed by atoms with van der Waals surface area (Å²) in [6.45, 7) is 2.18. The molecule has 0 unspecified atom stereocenters. The van der Waals surface area contributed by atoms with Crippen molar-refractivity contribution in [2.45, 2.75) is 25.9 Å². The third-order valence-corrected chi connectivity index (χ3v) is 4.39. The lowest BCUT2D eigenvalue weighted by molar-refractivity contribution is 0.568. The summed E-state index contributed by atoms with van der Waals surface area (Å²) in [5.74, 6) is 0. The molecule has 22 heavy (non-hydrogen) atoms. The van der Waals surface area contributed by atoms with E-state index in [0.717, 1.165) is 13.1 Å². The number of hydrogen-bond acceptors (Lipinski definition) is 0. The zero-order chi connectivity index (χ0) is 14.8. The van der Waals surface area contributed by atoms with Gasteiger partial charge in [-0.05, 0) is 37.1 Å². The Kier molecular flexibility index (Phi) is 3.43. The van der Waals surface area contributed by atoms with Crippen molar-refractivity contribution in [1.29, 1.82) is 0 Å². The van der Waals surface area contributed by atoms with E-state index < -0.39 is 0 Å². The number of para-hydroxylation sites is 2. The Morgan fingerprint density at radius 2 is 1.14 bits per heavy atom. The van der Waals surface area contributed by atoms with Gasteiger partial charge in [-0.1, -0.05) is 36.4 Å². The molecule has 110 valence electrons. The van der Waals surface area contributed by atoms with Gasteiger partial charge in [0.1, 0.15) is 0 Å². The fourth-order valence-electron chi connectivity index (χ4n) is 3.33. The van der Waals surface area contributed by atoms with Crippen LogP contribution in [0.15, 0.2) is 73.1 Å². The van der Waals surface area contributed by atoms with Gasteiger partial charge in [0.2, 0.25) is 0 Å². The van der Waals surface area contributed by atoms with Crippen LogP contribution in [0.25, 0.3) is 21.8 Å². The first kappa shape index (κ1) is 13.2. The first-order valence-electron chi connectivity index (χ1n) is 8.00. The van der Waals surface area contributed by atoms with Crippen molar-refractivity contribution in [3.8, 4) is 0 Å². The molecule has 4 rings (SSSR count).